The van der Waals surface area contributed by atoms with Crippen LogP contribution in [0.1, 0.15) is 6.42 Å². The van der Waals surface area contributed by atoms with Gasteiger partial charge in [0, 0.05) is 31.3 Å². The molecular formula is C15H19N3O6. The van der Waals surface area contributed by atoms with Crippen molar-refractivity contribution < 1.29 is 28.6 Å². The maximum Gasteiger partial charge on any atom is 0.253 e. The summed E-state index contributed by atoms with van der Waals surface area (Å²) in [5.74, 6) is -1.30. The summed E-state index contributed by atoms with van der Waals surface area (Å²) in [6.45, 7) is 0. The van der Waals surface area contributed by atoms with Crippen molar-refractivity contribution in [3.8, 4) is 17.2 Å². The minimum atomic E-state index is -1.03. The zero-order valence-electron chi connectivity index (χ0n) is 13.8. The summed E-state index contributed by atoms with van der Waals surface area (Å²) in [4.78, 5) is 35.6. The highest BCUT2D eigenvalue weighted by atomic mass is 16.5. The number of benzene rings is 1. The highest BCUT2D eigenvalue weighted by Gasteiger charge is 2.38. The van der Waals surface area contributed by atoms with Crippen molar-refractivity contribution in [3.63, 3.8) is 0 Å². The van der Waals surface area contributed by atoms with Crippen LogP contribution in [0.25, 0.3) is 0 Å². The third-order valence-electron chi connectivity index (χ3n) is 3.56. The van der Waals surface area contributed by atoms with E-state index in [9.17, 15) is 14.4 Å². The summed E-state index contributed by atoms with van der Waals surface area (Å²) in [5, 5.41) is 3.69. The molecule has 0 spiro atoms. The molecule has 0 aromatic heterocycles. The van der Waals surface area contributed by atoms with E-state index in [2.05, 4.69) is 10.7 Å². The molecule has 1 aromatic carbocycles. The van der Waals surface area contributed by atoms with Crippen LogP contribution in [-0.2, 0) is 14.4 Å². The summed E-state index contributed by atoms with van der Waals surface area (Å²) >= 11 is 0. The van der Waals surface area contributed by atoms with Gasteiger partial charge in [0.25, 0.3) is 11.8 Å². The molecule has 1 fully saturated rings. The molecule has 9 nitrogen and oxygen atoms in total. The Labute approximate surface area is 138 Å². The largest absolute Gasteiger partial charge is 0.493 e. The number of ether oxygens (including phenoxy) is 3. The average Bonchev–Trinajstić information content (AvgIpc) is 2.80. The molecule has 0 radical (unpaired) electrons. The fourth-order valence-electron chi connectivity index (χ4n) is 2.37. The standard InChI is InChI=1S/C15H19N3O6/c1-18-15(21)9(14(20)17-18)7-12(19)16-8-5-10(22-2)13(24-4)11(6-8)23-3/h5-6,9H,7H2,1-4H3,(H,16,19)(H,17,20). The van der Waals surface area contributed by atoms with E-state index in [1.54, 1.807) is 12.1 Å². The second-order valence-corrected chi connectivity index (χ2v) is 5.09. The first-order chi connectivity index (χ1) is 11.4. The molecule has 9 heteroatoms. The van der Waals surface area contributed by atoms with Gasteiger partial charge in [-0.3, -0.25) is 24.8 Å². The molecule has 0 aliphatic carbocycles. The van der Waals surface area contributed by atoms with Crippen LogP contribution in [0.2, 0.25) is 0 Å². The minimum Gasteiger partial charge on any atom is -0.493 e. The molecule has 130 valence electrons. The van der Waals surface area contributed by atoms with Gasteiger partial charge in [0.1, 0.15) is 5.92 Å². The topological polar surface area (TPSA) is 106 Å². The smallest absolute Gasteiger partial charge is 0.253 e. The number of hydrogen-bond donors (Lipinski definition) is 2. The van der Waals surface area contributed by atoms with Gasteiger partial charge in [0.2, 0.25) is 11.7 Å². The SMILES string of the molecule is COc1cc(NC(=O)CC2C(=O)NN(C)C2=O)cc(OC)c1OC. The Hall–Kier alpha value is -2.97. The predicted octanol–water partition coefficient (Wildman–Crippen LogP) is 0.160. The normalized spacial score (nSPS) is 16.7. The monoisotopic (exact) mass is 337 g/mol. The Morgan fingerprint density at radius 2 is 1.75 bits per heavy atom. The molecule has 1 aliphatic heterocycles. The van der Waals surface area contributed by atoms with Gasteiger partial charge in [-0.2, -0.15) is 0 Å². The summed E-state index contributed by atoms with van der Waals surface area (Å²) in [7, 11) is 5.82. The second kappa shape index (κ2) is 7.07. The maximum atomic E-state index is 12.1. The van der Waals surface area contributed by atoms with E-state index < -0.39 is 23.6 Å². The van der Waals surface area contributed by atoms with Gasteiger partial charge in [0.05, 0.1) is 21.3 Å². The number of methoxy groups -OCH3 is 3. The van der Waals surface area contributed by atoms with E-state index in [1.807, 2.05) is 0 Å². The molecule has 1 unspecified atom stereocenters. The van der Waals surface area contributed by atoms with E-state index in [0.29, 0.717) is 22.9 Å². The van der Waals surface area contributed by atoms with Gasteiger partial charge in [-0.25, -0.2) is 0 Å². The van der Waals surface area contributed by atoms with Crippen LogP contribution in [-0.4, -0.2) is 51.1 Å². The van der Waals surface area contributed by atoms with Gasteiger partial charge >= 0.3 is 0 Å². The summed E-state index contributed by atoms with van der Waals surface area (Å²) < 4.78 is 15.6. The van der Waals surface area contributed by atoms with Gasteiger partial charge in [-0.05, 0) is 0 Å². The van der Waals surface area contributed by atoms with E-state index in [-0.39, 0.29) is 6.42 Å². The number of nitrogens with zero attached hydrogens (tertiary/aromatic N) is 1. The van der Waals surface area contributed by atoms with Gasteiger partial charge in [-0.1, -0.05) is 0 Å². The van der Waals surface area contributed by atoms with E-state index in [1.165, 1.54) is 28.4 Å². The fourth-order valence-corrected chi connectivity index (χ4v) is 2.37. The first-order valence-electron chi connectivity index (χ1n) is 7.09. The highest BCUT2D eigenvalue weighted by Crippen LogP contribution is 2.40. The molecule has 0 bridgehead atoms. The molecule has 1 atom stereocenters. The molecule has 2 rings (SSSR count). The Morgan fingerprint density at radius 3 is 2.17 bits per heavy atom. The quantitative estimate of drug-likeness (QED) is 0.716. The Balaban J connectivity index is 2.14. The molecule has 24 heavy (non-hydrogen) atoms. The van der Waals surface area contributed by atoms with Crippen molar-refractivity contribution in [1.82, 2.24) is 10.4 Å². The lowest BCUT2D eigenvalue weighted by Crippen LogP contribution is -2.31. The number of rotatable bonds is 6. The number of hydrazine groups is 1. The lowest BCUT2D eigenvalue weighted by Gasteiger charge is -2.15. The van der Waals surface area contributed by atoms with Crippen molar-refractivity contribution >= 4 is 23.4 Å². The highest BCUT2D eigenvalue weighted by molar-refractivity contribution is 6.08. The van der Waals surface area contributed by atoms with E-state index in [4.69, 9.17) is 14.2 Å². The van der Waals surface area contributed by atoms with Crippen LogP contribution in [0.4, 0.5) is 5.69 Å². The first kappa shape index (κ1) is 17.4. The van der Waals surface area contributed by atoms with Crippen LogP contribution < -0.4 is 25.0 Å². The molecule has 1 heterocycles. The Kier molecular flexibility index (Phi) is 5.12. The first-order valence-corrected chi connectivity index (χ1v) is 7.09. The lowest BCUT2D eigenvalue weighted by molar-refractivity contribution is -0.134. The zero-order chi connectivity index (χ0) is 17.9. The zero-order valence-corrected chi connectivity index (χ0v) is 13.8. The molecule has 1 aromatic rings. The molecule has 1 saturated heterocycles. The third kappa shape index (κ3) is 3.34. The predicted molar refractivity (Wildman–Crippen MR) is 83.7 cm³/mol. The minimum absolute atomic E-state index is 0.258. The molecule has 2 N–H and O–H groups in total. The van der Waals surface area contributed by atoms with Crippen molar-refractivity contribution in [3.05, 3.63) is 12.1 Å². The van der Waals surface area contributed by atoms with Crippen LogP contribution in [0, 0.1) is 5.92 Å². The van der Waals surface area contributed by atoms with Crippen LogP contribution in [0.5, 0.6) is 17.2 Å². The molecule has 0 saturated carbocycles. The van der Waals surface area contributed by atoms with Crippen LogP contribution in [0.15, 0.2) is 12.1 Å². The molecule has 1 aliphatic rings. The van der Waals surface area contributed by atoms with Crippen molar-refractivity contribution in [1.29, 1.82) is 0 Å². The van der Waals surface area contributed by atoms with E-state index in [0.717, 1.165) is 5.01 Å². The van der Waals surface area contributed by atoms with Gasteiger partial charge < -0.3 is 19.5 Å². The molecular weight excluding hydrogens is 318 g/mol. The fraction of sp³-hybridized carbons (Fsp3) is 0.400. The number of hydrogen-bond acceptors (Lipinski definition) is 6. The number of carbonyl (C=O) groups excluding carboxylic acids is 3. The Morgan fingerprint density at radius 1 is 1.17 bits per heavy atom. The summed E-state index contributed by atoms with van der Waals surface area (Å²) in [5.41, 5.74) is 2.74. The Bertz CT molecular complexity index is 650. The summed E-state index contributed by atoms with van der Waals surface area (Å²) in [6.07, 6.45) is -0.258. The maximum absolute atomic E-state index is 12.1. The third-order valence-corrected chi connectivity index (χ3v) is 3.56. The number of nitrogens with one attached hydrogen (secondary N) is 2. The number of amides is 3. The second-order valence-electron chi connectivity index (χ2n) is 5.09. The van der Waals surface area contributed by atoms with Crippen molar-refractivity contribution in [2.45, 2.75) is 6.42 Å². The number of anilines is 1. The van der Waals surface area contributed by atoms with Gasteiger partial charge in [-0.15, -0.1) is 0 Å². The van der Waals surface area contributed by atoms with E-state index >= 15 is 0 Å². The summed E-state index contributed by atoms with van der Waals surface area (Å²) in [6, 6.07) is 3.11. The van der Waals surface area contributed by atoms with Crippen LogP contribution in [0.3, 0.4) is 0 Å². The van der Waals surface area contributed by atoms with Crippen molar-refractivity contribution in [2.24, 2.45) is 5.92 Å². The van der Waals surface area contributed by atoms with Crippen molar-refractivity contribution in [2.75, 3.05) is 33.7 Å². The van der Waals surface area contributed by atoms with Crippen LogP contribution >= 0.6 is 0 Å². The average molecular weight is 337 g/mol. The number of carbonyl (C=O) groups is 3. The van der Waals surface area contributed by atoms with Gasteiger partial charge in [0.15, 0.2) is 11.5 Å². The lowest BCUT2D eigenvalue weighted by atomic mass is 10.0. The molecule has 3 amide bonds.